The highest BCUT2D eigenvalue weighted by Gasteiger charge is 1.88. The Labute approximate surface area is 53.7 Å². The summed E-state index contributed by atoms with van der Waals surface area (Å²) in [7, 11) is 0. The van der Waals surface area contributed by atoms with Crippen LogP contribution < -0.4 is 0 Å². The second-order valence-electron chi connectivity index (χ2n) is 1.88. The molecule has 0 unspecified atom stereocenters. The Kier molecular flexibility index (Phi) is 1.66. The normalized spacial score (nSPS) is 16.7. The van der Waals surface area contributed by atoms with Gasteiger partial charge < -0.3 is 0 Å². The minimum atomic E-state index is -0.214. The molecule has 0 nitrogen and oxygen atoms in total. The Hall–Kier alpha value is -1.07. The number of rotatable bonds is 0. The van der Waals surface area contributed by atoms with Gasteiger partial charge in [0.1, 0.15) is 5.83 Å². The van der Waals surface area contributed by atoms with Crippen molar-refractivity contribution in [3.63, 3.8) is 0 Å². The molecule has 0 radical (unpaired) electrons. The minimum Gasteiger partial charge on any atom is -0.207 e. The van der Waals surface area contributed by atoms with Crippen LogP contribution in [0.25, 0.3) is 0 Å². The highest BCUT2D eigenvalue weighted by molar-refractivity contribution is 5.29. The van der Waals surface area contributed by atoms with E-state index in [1.54, 1.807) is 12.2 Å². The van der Waals surface area contributed by atoms with Gasteiger partial charge in [-0.3, -0.25) is 0 Å². The third-order valence-corrected chi connectivity index (χ3v) is 1.02. The van der Waals surface area contributed by atoms with Gasteiger partial charge in [-0.25, -0.2) is 4.39 Å². The van der Waals surface area contributed by atoms with Crippen LogP contribution in [-0.4, -0.2) is 0 Å². The molecule has 0 amide bonds. The molecule has 0 atom stereocenters. The average molecular weight is 122 g/mol. The lowest BCUT2D eigenvalue weighted by Gasteiger charge is -1.82. The number of halogens is 1. The Morgan fingerprint density at radius 1 is 1.56 bits per heavy atom. The smallest absolute Gasteiger partial charge is 0.124 e. The summed E-state index contributed by atoms with van der Waals surface area (Å²) in [6, 6.07) is 0. The molecule has 1 heteroatoms. The molecule has 46 valence electrons. The Balaban J connectivity index is 3.01. The molecule has 0 aromatic carbocycles. The van der Waals surface area contributed by atoms with E-state index in [1.807, 2.05) is 6.92 Å². The van der Waals surface area contributed by atoms with E-state index in [0.29, 0.717) is 0 Å². The van der Waals surface area contributed by atoms with Gasteiger partial charge in [-0.1, -0.05) is 6.08 Å². The van der Waals surface area contributed by atoms with Crippen molar-refractivity contribution in [2.75, 3.05) is 0 Å². The molecule has 0 heterocycles. The van der Waals surface area contributed by atoms with Crippen LogP contribution in [0.2, 0.25) is 0 Å². The molecule has 0 N–H and O–H groups in total. The summed E-state index contributed by atoms with van der Waals surface area (Å²) >= 11 is 0. The fourth-order valence-corrected chi connectivity index (χ4v) is 0.616. The molecule has 0 aliphatic heterocycles. The van der Waals surface area contributed by atoms with Crippen molar-refractivity contribution in [2.24, 2.45) is 0 Å². The van der Waals surface area contributed by atoms with Gasteiger partial charge >= 0.3 is 0 Å². The van der Waals surface area contributed by atoms with Crippen molar-refractivity contribution in [1.82, 2.24) is 0 Å². The second kappa shape index (κ2) is 2.47. The Bertz CT molecular complexity index is 225. The van der Waals surface area contributed by atoms with Crippen LogP contribution in [0.15, 0.2) is 41.4 Å². The molecule has 1 rings (SSSR count). The van der Waals surface area contributed by atoms with Gasteiger partial charge in [-0.2, -0.15) is 0 Å². The van der Waals surface area contributed by atoms with Crippen molar-refractivity contribution in [3.8, 4) is 0 Å². The first-order valence-electron chi connectivity index (χ1n) is 2.76. The van der Waals surface area contributed by atoms with E-state index in [4.69, 9.17) is 0 Å². The highest BCUT2D eigenvalue weighted by atomic mass is 19.1. The molecule has 0 aromatic rings. The zero-order valence-electron chi connectivity index (χ0n) is 5.19. The van der Waals surface area contributed by atoms with Gasteiger partial charge in [0.05, 0.1) is 0 Å². The second-order valence-corrected chi connectivity index (χ2v) is 1.88. The first kappa shape index (κ1) is 6.06. The Morgan fingerprint density at radius 3 is 3.11 bits per heavy atom. The lowest BCUT2D eigenvalue weighted by Crippen LogP contribution is -1.64. The van der Waals surface area contributed by atoms with Gasteiger partial charge in [0.2, 0.25) is 0 Å². The monoisotopic (exact) mass is 122 g/mol. The van der Waals surface area contributed by atoms with Gasteiger partial charge in [-0.05, 0) is 30.7 Å². The van der Waals surface area contributed by atoms with Gasteiger partial charge in [-0.15, -0.1) is 5.73 Å². The van der Waals surface area contributed by atoms with E-state index in [9.17, 15) is 4.39 Å². The highest BCUT2D eigenvalue weighted by Crippen LogP contribution is 2.06. The average Bonchev–Trinajstić information content (AvgIpc) is 1.93. The zero-order chi connectivity index (χ0) is 6.69. The molecular weight excluding hydrogens is 115 g/mol. The van der Waals surface area contributed by atoms with Crippen molar-refractivity contribution in [1.29, 1.82) is 0 Å². The maximum Gasteiger partial charge on any atom is 0.124 e. The maximum atomic E-state index is 12.4. The van der Waals surface area contributed by atoms with E-state index < -0.39 is 0 Å². The molecule has 0 saturated heterocycles. The molecule has 0 fully saturated rings. The lowest BCUT2D eigenvalue weighted by molar-refractivity contribution is 0.666. The SMILES string of the molecule is CC1=C=CC=CC(F)=C1. The molecule has 1 aliphatic carbocycles. The fraction of sp³-hybridized carbons (Fsp3) is 0.125. The molecule has 0 bridgehead atoms. The summed E-state index contributed by atoms with van der Waals surface area (Å²) in [5, 5.41) is 0. The third-order valence-electron chi connectivity index (χ3n) is 1.02. The molecule has 9 heavy (non-hydrogen) atoms. The van der Waals surface area contributed by atoms with Crippen molar-refractivity contribution in [2.45, 2.75) is 6.92 Å². The summed E-state index contributed by atoms with van der Waals surface area (Å²) in [6.45, 7) is 1.81. The molecule has 0 aromatic heterocycles. The predicted octanol–water partition coefficient (Wildman–Crippen LogP) is 2.51. The van der Waals surface area contributed by atoms with Gasteiger partial charge in [0.25, 0.3) is 0 Å². The van der Waals surface area contributed by atoms with Crippen molar-refractivity contribution < 1.29 is 4.39 Å². The summed E-state index contributed by atoms with van der Waals surface area (Å²) in [4.78, 5) is 0. The standard InChI is InChI=1S/C8H7F/c1-7-4-2-3-5-8(9)6-7/h2-3,5-6H,1H3. The van der Waals surface area contributed by atoms with E-state index in [-0.39, 0.29) is 5.83 Å². The number of hydrogen-bond donors (Lipinski definition) is 0. The first-order valence-corrected chi connectivity index (χ1v) is 2.76. The summed E-state index contributed by atoms with van der Waals surface area (Å²) in [5.41, 5.74) is 3.68. The molecule has 1 aliphatic rings. The third kappa shape index (κ3) is 1.71. The molecular formula is C8H7F. The van der Waals surface area contributed by atoms with Crippen LogP contribution in [-0.2, 0) is 0 Å². The fourth-order valence-electron chi connectivity index (χ4n) is 0.616. The summed E-state index contributed by atoms with van der Waals surface area (Å²) in [5.74, 6) is -0.214. The van der Waals surface area contributed by atoms with E-state index in [0.717, 1.165) is 5.57 Å². The van der Waals surface area contributed by atoms with Crippen LogP contribution in [0.3, 0.4) is 0 Å². The van der Waals surface area contributed by atoms with Crippen LogP contribution in [0, 0.1) is 0 Å². The van der Waals surface area contributed by atoms with Gasteiger partial charge in [0.15, 0.2) is 0 Å². The zero-order valence-corrected chi connectivity index (χ0v) is 5.19. The first-order chi connectivity index (χ1) is 4.29. The summed E-state index contributed by atoms with van der Waals surface area (Å²) in [6.07, 6.45) is 6.17. The number of allylic oxidation sites excluding steroid dienone is 5. The van der Waals surface area contributed by atoms with Crippen LogP contribution in [0.5, 0.6) is 0 Å². The van der Waals surface area contributed by atoms with E-state index >= 15 is 0 Å². The van der Waals surface area contributed by atoms with Gasteiger partial charge in [0, 0.05) is 0 Å². The molecule has 0 saturated carbocycles. The lowest BCUT2D eigenvalue weighted by atomic mass is 10.3. The largest absolute Gasteiger partial charge is 0.207 e. The van der Waals surface area contributed by atoms with Crippen LogP contribution in [0.1, 0.15) is 6.92 Å². The van der Waals surface area contributed by atoms with Crippen LogP contribution >= 0.6 is 0 Å². The van der Waals surface area contributed by atoms with Crippen molar-refractivity contribution >= 4 is 0 Å². The topological polar surface area (TPSA) is 0 Å². The molecule has 0 spiro atoms. The maximum absolute atomic E-state index is 12.4. The van der Waals surface area contributed by atoms with E-state index in [1.165, 1.54) is 12.2 Å². The van der Waals surface area contributed by atoms with Crippen LogP contribution in [0.4, 0.5) is 4.39 Å². The number of hydrogen-bond acceptors (Lipinski definition) is 0. The minimum absolute atomic E-state index is 0.214. The van der Waals surface area contributed by atoms with Crippen molar-refractivity contribution in [3.05, 3.63) is 41.4 Å². The van der Waals surface area contributed by atoms with E-state index in [2.05, 4.69) is 5.73 Å². The Morgan fingerprint density at radius 2 is 2.33 bits per heavy atom. The predicted molar refractivity (Wildman–Crippen MR) is 35.6 cm³/mol. The quantitative estimate of drug-likeness (QED) is 0.433. The summed E-state index contributed by atoms with van der Waals surface area (Å²) < 4.78 is 12.4.